The summed E-state index contributed by atoms with van der Waals surface area (Å²) in [5.74, 6) is 0.947. The van der Waals surface area contributed by atoms with Gasteiger partial charge in [-0.25, -0.2) is 0 Å². The topological polar surface area (TPSA) is 54.3 Å². The van der Waals surface area contributed by atoms with Crippen molar-refractivity contribution >= 4 is 39.9 Å². The molecule has 7 heteroatoms. The van der Waals surface area contributed by atoms with Gasteiger partial charge in [-0.3, -0.25) is 9.59 Å². The van der Waals surface area contributed by atoms with Crippen LogP contribution in [0, 0.1) is 5.92 Å². The largest absolute Gasteiger partial charge is 0.357 e. The minimum atomic E-state index is -0.102. The number of nitrogens with one attached hydrogen (secondary N) is 1. The van der Waals surface area contributed by atoms with E-state index in [1.807, 2.05) is 6.92 Å². The van der Waals surface area contributed by atoms with Crippen molar-refractivity contribution in [3.8, 4) is 0 Å². The summed E-state index contributed by atoms with van der Waals surface area (Å²) in [6, 6.07) is 3.12. The van der Waals surface area contributed by atoms with Crippen LogP contribution in [0.25, 0.3) is 0 Å². The summed E-state index contributed by atoms with van der Waals surface area (Å²) in [5.41, 5.74) is 0.594. The van der Waals surface area contributed by atoms with Crippen molar-refractivity contribution < 1.29 is 4.79 Å². The first-order valence-corrected chi connectivity index (χ1v) is 9.81. The maximum atomic E-state index is 12.1. The number of hydrogen-bond acceptors (Lipinski definition) is 4. The standard InChI is InChI=1S/C17H25N3O2S2/c1-3-8-20-11-14(4-5-16(20)22)18-15(21)12-24-17(23)19-9-6-13(2)7-10-19/h4-5,11,13H,3,6-10,12H2,1-2H3,(H,18,21). The fourth-order valence-electron chi connectivity index (χ4n) is 2.63. The molecule has 0 saturated carbocycles. The number of aryl methyl sites for hydroxylation is 1. The van der Waals surface area contributed by atoms with E-state index in [1.165, 1.54) is 17.8 Å². The van der Waals surface area contributed by atoms with Crippen LogP contribution in [0.3, 0.4) is 0 Å². The van der Waals surface area contributed by atoms with Crippen molar-refractivity contribution in [1.82, 2.24) is 9.47 Å². The number of likely N-dealkylation sites (tertiary alicyclic amines) is 1. The minimum absolute atomic E-state index is 0.0512. The fraction of sp³-hybridized carbons (Fsp3) is 0.588. The van der Waals surface area contributed by atoms with Gasteiger partial charge in [0, 0.05) is 31.9 Å². The molecule has 0 aliphatic carbocycles. The Morgan fingerprint density at radius 1 is 1.38 bits per heavy atom. The van der Waals surface area contributed by atoms with E-state index in [0.29, 0.717) is 12.2 Å². The third kappa shape index (κ3) is 5.63. The highest BCUT2D eigenvalue weighted by Gasteiger charge is 2.18. The second-order valence-electron chi connectivity index (χ2n) is 6.22. The lowest BCUT2D eigenvalue weighted by Gasteiger charge is -2.31. The molecule has 1 saturated heterocycles. The van der Waals surface area contributed by atoms with E-state index in [9.17, 15) is 9.59 Å². The van der Waals surface area contributed by atoms with Gasteiger partial charge in [0.2, 0.25) is 5.91 Å². The van der Waals surface area contributed by atoms with E-state index in [0.717, 1.165) is 42.6 Å². The number of thiocarbonyl (C=S) groups is 1. The number of thioether (sulfide) groups is 1. The third-order valence-corrected chi connectivity index (χ3v) is 5.62. The second kappa shape index (κ2) is 9.22. The van der Waals surface area contributed by atoms with Gasteiger partial charge in [0.05, 0.1) is 11.4 Å². The molecule has 2 rings (SSSR count). The first-order chi connectivity index (χ1) is 11.5. The average molecular weight is 368 g/mol. The highest BCUT2D eigenvalue weighted by Crippen LogP contribution is 2.20. The third-order valence-electron chi connectivity index (χ3n) is 4.10. The van der Waals surface area contributed by atoms with Gasteiger partial charge >= 0.3 is 0 Å². The summed E-state index contributed by atoms with van der Waals surface area (Å²) < 4.78 is 2.41. The van der Waals surface area contributed by atoms with Gasteiger partial charge in [-0.2, -0.15) is 0 Å². The first-order valence-electron chi connectivity index (χ1n) is 8.41. The highest BCUT2D eigenvalue weighted by molar-refractivity contribution is 8.23. The predicted molar refractivity (Wildman–Crippen MR) is 105 cm³/mol. The molecule has 0 unspecified atom stereocenters. The molecule has 5 nitrogen and oxygen atoms in total. The zero-order chi connectivity index (χ0) is 17.5. The zero-order valence-electron chi connectivity index (χ0n) is 14.3. The Bertz CT molecular complexity index is 637. The molecule has 1 aliphatic heterocycles. The van der Waals surface area contributed by atoms with E-state index in [4.69, 9.17) is 12.2 Å². The minimum Gasteiger partial charge on any atom is -0.357 e. The van der Waals surface area contributed by atoms with Crippen LogP contribution in [0.5, 0.6) is 0 Å². The van der Waals surface area contributed by atoms with Crippen molar-refractivity contribution in [1.29, 1.82) is 0 Å². The molecule has 132 valence electrons. The number of rotatable bonds is 5. The molecule has 24 heavy (non-hydrogen) atoms. The van der Waals surface area contributed by atoms with Gasteiger partial charge in [0.15, 0.2) is 0 Å². The van der Waals surface area contributed by atoms with Gasteiger partial charge in [0.25, 0.3) is 5.56 Å². The maximum absolute atomic E-state index is 12.1. The lowest BCUT2D eigenvalue weighted by atomic mass is 10.00. The van der Waals surface area contributed by atoms with Crippen molar-refractivity contribution in [2.24, 2.45) is 5.92 Å². The van der Waals surface area contributed by atoms with E-state index < -0.39 is 0 Å². The smallest absolute Gasteiger partial charge is 0.250 e. The Balaban J connectivity index is 1.82. The quantitative estimate of drug-likeness (QED) is 0.811. The van der Waals surface area contributed by atoms with Gasteiger partial charge in [0.1, 0.15) is 4.32 Å². The van der Waals surface area contributed by atoms with E-state index >= 15 is 0 Å². The zero-order valence-corrected chi connectivity index (χ0v) is 15.9. The molecule has 0 atom stereocenters. The summed E-state index contributed by atoms with van der Waals surface area (Å²) in [6.07, 6.45) is 4.88. The summed E-state index contributed by atoms with van der Waals surface area (Å²) in [4.78, 5) is 26.0. The van der Waals surface area contributed by atoms with Crippen molar-refractivity contribution in [2.45, 2.75) is 39.7 Å². The van der Waals surface area contributed by atoms with E-state index in [2.05, 4.69) is 17.1 Å². The number of carbonyl (C=O) groups is 1. The number of hydrogen-bond donors (Lipinski definition) is 1. The van der Waals surface area contributed by atoms with Crippen LogP contribution in [0.15, 0.2) is 23.1 Å². The van der Waals surface area contributed by atoms with Crippen LogP contribution in [-0.2, 0) is 11.3 Å². The summed E-state index contributed by atoms with van der Waals surface area (Å²) in [6.45, 7) is 6.89. The number of amides is 1. The van der Waals surface area contributed by atoms with Gasteiger partial charge in [-0.15, -0.1) is 0 Å². The van der Waals surface area contributed by atoms with Crippen molar-refractivity contribution in [2.75, 3.05) is 24.2 Å². The molecule has 0 bridgehead atoms. The Labute approximate surface area is 152 Å². The molecule has 1 N–H and O–H groups in total. The molecule has 2 heterocycles. The summed E-state index contributed by atoms with van der Waals surface area (Å²) in [5, 5.41) is 2.84. The first kappa shape index (κ1) is 19.0. The number of nitrogens with zero attached hydrogens (tertiary/aromatic N) is 2. The molecular weight excluding hydrogens is 342 g/mol. The lowest BCUT2D eigenvalue weighted by Crippen LogP contribution is -2.36. The summed E-state index contributed by atoms with van der Waals surface area (Å²) >= 11 is 6.84. The summed E-state index contributed by atoms with van der Waals surface area (Å²) in [7, 11) is 0. The fourth-order valence-corrected chi connectivity index (χ4v) is 3.68. The monoisotopic (exact) mass is 367 g/mol. The van der Waals surface area contributed by atoms with Gasteiger partial charge in [-0.1, -0.05) is 37.8 Å². The van der Waals surface area contributed by atoms with Crippen LogP contribution in [-0.4, -0.2) is 38.5 Å². The molecule has 0 aromatic carbocycles. The molecule has 1 amide bonds. The molecule has 0 radical (unpaired) electrons. The molecular formula is C17H25N3O2S2. The number of pyridine rings is 1. The number of anilines is 1. The van der Waals surface area contributed by atoms with Crippen molar-refractivity contribution in [3.05, 3.63) is 28.7 Å². The van der Waals surface area contributed by atoms with E-state index in [-0.39, 0.29) is 17.2 Å². The molecule has 1 aromatic rings. The second-order valence-corrected chi connectivity index (χ2v) is 7.83. The van der Waals surface area contributed by atoms with Gasteiger partial charge in [-0.05, 0) is 31.2 Å². The average Bonchev–Trinajstić information content (AvgIpc) is 2.56. The van der Waals surface area contributed by atoms with Crippen LogP contribution in [0.4, 0.5) is 5.69 Å². The van der Waals surface area contributed by atoms with Crippen LogP contribution in [0.2, 0.25) is 0 Å². The van der Waals surface area contributed by atoms with E-state index in [1.54, 1.807) is 16.8 Å². The Morgan fingerprint density at radius 3 is 2.75 bits per heavy atom. The Morgan fingerprint density at radius 2 is 2.08 bits per heavy atom. The number of carbonyl (C=O) groups excluding carboxylic acids is 1. The van der Waals surface area contributed by atoms with Gasteiger partial charge < -0.3 is 14.8 Å². The molecule has 0 spiro atoms. The van der Waals surface area contributed by atoms with Crippen LogP contribution in [0.1, 0.15) is 33.1 Å². The maximum Gasteiger partial charge on any atom is 0.250 e. The lowest BCUT2D eigenvalue weighted by molar-refractivity contribution is -0.113. The van der Waals surface area contributed by atoms with Crippen molar-refractivity contribution in [3.63, 3.8) is 0 Å². The van der Waals surface area contributed by atoms with Crippen LogP contribution >= 0.6 is 24.0 Å². The molecule has 1 aliphatic rings. The normalized spacial score (nSPS) is 15.3. The Hall–Kier alpha value is -1.34. The molecule has 1 aromatic heterocycles. The number of piperidine rings is 1. The Kier molecular flexibility index (Phi) is 7.30. The molecule has 1 fully saturated rings. The number of aromatic nitrogens is 1. The van der Waals surface area contributed by atoms with Crippen LogP contribution < -0.4 is 10.9 Å². The predicted octanol–water partition coefficient (Wildman–Crippen LogP) is 2.95. The SMILES string of the molecule is CCCn1cc(NC(=O)CSC(=S)N2CCC(C)CC2)ccc1=O. The highest BCUT2D eigenvalue weighted by atomic mass is 32.2.